The highest BCUT2D eigenvalue weighted by Crippen LogP contribution is 2.33. The second-order valence-corrected chi connectivity index (χ2v) is 7.61. The highest BCUT2D eigenvalue weighted by molar-refractivity contribution is 6.00. The molecule has 1 aromatic carbocycles. The van der Waals surface area contributed by atoms with E-state index in [-0.39, 0.29) is 5.91 Å². The molecule has 6 nitrogen and oxygen atoms in total. The van der Waals surface area contributed by atoms with E-state index < -0.39 is 5.60 Å². The first-order valence-electron chi connectivity index (χ1n) is 9.74. The van der Waals surface area contributed by atoms with Gasteiger partial charge < -0.3 is 14.2 Å². The van der Waals surface area contributed by atoms with Gasteiger partial charge in [0, 0.05) is 37.4 Å². The summed E-state index contributed by atoms with van der Waals surface area (Å²) < 4.78 is 11.5. The van der Waals surface area contributed by atoms with E-state index in [0.29, 0.717) is 13.2 Å². The molecule has 2 aliphatic heterocycles. The molecule has 2 aromatic rings. The highest BCUT2D eigenvalue weighted by Gasteiger charge is 2.47. The zero-order chi connectivity index (χ0) is 18.9. The van der Waals surface area contributed by atoms with Crippen molar-refractivity contribution in [2.24, 2.45) is 0 Å². The molecule has 0 saturated carbocycles. The molecule has 2 fully saturated rings. The average molecular weight is 369 g/mol. The zero-order valence-corrected chi connectivity index (χ0v) is 16.1. The second-order valence-electron chi connectivity index (χ2n) is 7.61. The fourth-order valence-corrected chi connectivity index (χ4v) is 4.21. The Labute approximate surface area is 160 Å². The Morgan fingerprint density at radius 2 is 1.96 bits per heavy atom. The summed E-state index contributed by atoms with van der Waals surface area (Å²) in [5.74, 6) is 0.945. The Morgan fingerprint density at radius 1 is 1.15 bits per heavy atom. The van der Waals surface area contributed by atoms with Crippen LogP contribution in [0.4, 0.5) is 5.69 Å². The van der Waals surface area contributed by atoms with Crippen LogP contribution in [0.15, 0.2) is 34.9 Å². The maximum absolute atomic E-state index is 13.5. The van der Waals surface area contributed by atoms with E-state index in [9.17, 15) is 4.79 Å². The minimum absolute atomic E-state index is 0.0923. The van der Waals surface area contributed by atoms with Gasteiger partial charge in [0.15, 0.2) is 5.60 Å². The average Bonchev–Trinajstić information content (AvgIpc) is 2.91. The number of rotatable bonds is 3. The molecule has 1 atom stereocenters. The number of para-hydroxylation sites is 1. The molecule has 1 spiro atoms. The number of aryl methyl sites for hydroxylation is 2. The Balaban J connectivity index is 1.57. The van der Waals surface area contributed by atoms with Crippen LogP contribution in [-0.4, -0.2) is 47.8 Å². The number of aromatic nitrogens is 1. The van der Waals surface area contributed by atoms with Crippen LogP contribution in [0.25, 0.3) is 0 Å². The van der Waals surface area contributed by atoms with Gasteiger partial charge in [-0.05, 0) is 45.2 Å². The molecule has 4 rings (SSSR count). The lowest BCUT2D eigenvalue weighted by Crippen LogP contribution is -2.59. The van der Waals surface area contributed by atoms with Gasteiger partial charge >= 0.3 is 0 Å². The van der Waals surface area contributed by atoms with Crippen molar-refractivity contribution < 1.29 is 14.1 Å². The predicted octanol–water partition coefficient (Wildman–Crippen LogP) is 3.08. The Morgan fingerprint density at radius 3 is 2.70 bits per heavy atom. The lowest BCUT2D eigenvalue weighted by Gasteiger charge is -2.42. The summed E-state index contributed by atoms with van der Waals surface area (Å²) in [6.07, 6.45) is 2.76. The van der Waals surface area contributed by atoms with Crippen molar-refractivity contribution in [2.75, 3.05) is 31.1 Å². The van der Waals surface area contributed by atoms with Crippen LogP contribution in [0.2, 0.25) is 0 Å². The summed E-state index contributed by atoms with van der Waals surface area (Å²) in [6, 6.07) is 9.93. The van der Waals surface area contributed by atoms with E-state index in [1.165, 1.54) is 0 Å². The molecule has 0 radical (unpaired) electrons. The maximum atomic E-state index is 13.5. The van der Waals surface area contributed by atoms with Crippen LogP contribution in [0.5, 0.6) is 0 Å². The normalized spacial score (nSPS) is 24.4. The quantitative estimate of drug-likeness (QED) is 0.832. The smallest absolute Gasteiger partial charge is 0.260 e. The lowest BCUT2D eigenvalue weighted by atomic mass is 9.93. The number of amides is 1. The summed E-state index contributed by atoms with van der Waals surface area (Å²) in [5.41, 5.74) is 2.23. The topological polar surface area (TPSA) is 58.8 Å². The number of carbonyl (C=O) groups is 1. The monoisotopic (exact) mass is 369 g/mol. The number of hydrogen-bond donors (Lipinski definition) is 0. The second kappa shape index (κ2) is 7.44. The molecule has 3 heterocycles. The molecular formula is C21H27N3O3. The third kappa shape index (κ3) is 3.51. The van der Waals surface area contributed by atoms with Gasteiger partial charge in [0.1, 0.15) is 5.76 Å². The van der Waals surface area contributed by atoms with Crippen LogP contribution in [-0.2, 0) is 16.1 Å². The minimum Gasteiger partial charge on any atom is -0.362 e. The first kappa shape index (κ1) is 18.2. The Hall–Kier alpha value is -2.18. The molecule has 1 aromatic heterocycles. The number of anilines is 1. The number of hydrogen-bond acceptors (Lipinski definition) is 5. The summed E-state index contributed by atoms with van der Waals surface area (Å²) in [7, 11) is 0. The van der Waals surface area contributed by atoms with E-state index >= 15 is 0 Å². The van der Waals surface area contributed by atoms with Crippen LogP contribution in [0.1, 0.15) is 36.3 Å². The molecule has 2 saturated heterocycles. The molecule has 0 aliphatic carbocycles. The van der Waals surface area contributed by atoms with Crippen LogP contribution < -0.4 is 4.90 Å². The summed E-state index contributed by atoms with van der Waals surface area (Å²) in [4.78, 5) is 17.8. The number of nitrogens with zero attached hydrogens (tertiary/aromatic N) is 3. The largest absolute Gasteiger partial charge is 0.362 e. The molecule has 144 valence electrons. The van der Waals surface area contributed by atoms with Gasteiger partial charge in [0.05, 0.1) is 12.3 Å². The molecular weight excluding hydrogens is 342 g/mol. The molecule has 0 N–H and O–H groups in total. The molecule has 1 amide bonds. The number of benzene rings is 1. The van der Waals surface area contributed by atoms with E-state index in [2.05, 4.69) is 10.1 Å². The minimum atomic E-state index is -0.760. The Kier molecular flexibility index (Phi) is 5.02. The van der Waals surface area contributed by atoms with Crippen molar-refractivity contribution in [3.63, 3.8) is 0 Å². The fraction of sp³-hybridized carbons (Fsp3) is 0.524. The van der Waals surface area contributed by atoms with E-state index in [1.807, 2.05) is 49.1 Å². The SMILES string of the molecule is Cc1noc(C)c1CN1CCOC2(CCCCN(c3ccccc3)C2=O)C1. The molecule has 1 unspecified atom stereocenters. The van der Waals surface area contributed by atoms with Crippen molar-refractivity contribution in [1.82, 2.24) is 10.1 Å². The van der Waals surface area contributed by atoms with Crippen molar-refractivity contribution in [2.45, 2.75) is 45.3 Å². The fourth-order valence-electron chi connectivity index (χ4n) is 4.21. The molecule has 2 aliphatic rings. The molecule has 27 heavy (non-hydrogen) atoms. The van der Waals surface area contributed by atoms with Gasteiger partial charge in [-0.2, -0.15) is 0 Å². The van der Waals surface area contributed by atoms with Crippen molar-refractivity contribution in [3.8, 4) is 0 Å². The van der Waals surface area contributed by atoms with E-state index in [4.69, 9.17) is 9.26 Å². The lowest BCUT2D eigenvalue weighted by molar-refractivity contribution is -0.158. The Bertz CT molecular complexity index is 785. The van der Waals surface area contributed by atoms with Crippen LogP contribution in [0.3, 0.4) is 0 Å². The number of ether oxygens (including phenoxy) is 1. The van der Waals surface area contributed by atoms with E-state index in [0.717, 1.165) is 61.6 Å². The van der Waals surface area contributed by atoms with Crippen LogP contribution >= 0.6 is 0 Å². The first-order valence-corrected chi connectivity index (χ1v) is 9.74. The van der Waals surface area contributed by atoms with Gasteiger partial charge in [-0.25, -0.2) is 0 Å². The van der Waals surface area contributed by atoms with Gasteiger partial charge in [-0.3, -0.25) is 9.69 Å². The molecule has 0 bridgehead atoms. The van der Waals surface area contributed by atoms with Gasteiger partial charge in [-0.15, -0.1) is 0 Å². The maximum Gasteiger partial charge on any atom is 0.260 e. The molecule has 6 heteroatoms. The third-order valence-electron chi connectivity index (χ3n) is 5.74. The third-order valence-corrected chi connectivity index (χ3v) is 5.74. The van der Waals surface area contributed by atoms with Crippen molar-refractivity contribution in [3.05, 3.63) is 47.3 Å². The van der Waals surface area contributed by atoms with Crippen molar-refractivity contribution >= 4 is 11.6 Å². The number of carbonyl (C=O) groups excluding carboxylic acids is 1. The predicted molar refractivity (Wildman–Crippen MR) is 103 cm³/mol. The first-order chi connectivity index (χ1) is 13.1. The summed E-state index contributed by atoms with van der Waals surface area (Å²) in [6.45, 7) is 7.39. The number of morpholine rings is 1. The zero-order valence-electron chi connectivity index (χ0n) is 16.1. The van der Waals surface area contributed by atoms with Crippen LogP contribution in [0, 0.1) is 13.8 Å². The highest BCUT2D eigenvalue weighted by atomic mass is 16.5. The summed E-state index contributed by atoms with van der Waals surface area (Å²) in [5, 5.41) is 4.06. The van der Waals surface area contributed by atoms with Gasteiger partial charge in [-0.1, -0.05) is 23.4 Å². The summed E-state index contributed by atoms with van der Waals surface area (Å²) >= 11 is 0. The van der Waals surface area contributed by atoms with E-state index in [1.54, 1.807) is 0 Å². The van der Waals surface area contributed by atoms with Gasteiger partial charge in [0.25, 0.3) is 5.91 Å². The standard InChI is InChI=1S/C21H27N3O3/c1-16-19(17(2)27-22-16)14-23-12-13-26-21(15-23)10-6-7-11-24(20(21)25)18-8-4-3-5-9-18/h3-5,8-9H,6-7,10-15H2,1-2H3. The van der Waals surface area contributed by atoms with Gasteiger partial charge in [0.2, 0.25) is 0 Å². The van der Waals surface area contributed by atoms with Crippen molar-refractivity contribution in [1.29, 1.82) is 0 Å².